The minimum absolute atomic E-state index is 0.0470. The van der Waals surface area contributed by atoms with Crippen LogP contribution in [0.25, 0.3) is 17.1 Å². The maximum absolute atomic E-state index is 12.1. The van der Waals surface area contributed by atoms with Crippen LogP contribution >= 0.6 is 0 Å². The number of aromatic nitrogens is 2. The third kappa shape index (κ3) is 2.69. The molecule has 0 saturated heterocycles. The number of phenols is 1. The SMILES string of the molecule is O=C(/C=C/c1c(O)c2cccnc2[nH]c1=O)c1ccccc1O. The van der Waals surface area contributed by atoms with Crippen LogP contribution in [0.2, 0.25) is 0 Å². The Kier molecular flexibility index (Phi) is 3.64. The number of pyridine rings is 2. The molecule has 0 aliphatic rings. The van der Waals surface area contributed by atoms with Crippen LogP contribution in [0.5, 0.6) is 11.5 Å². The number of ketones is 1. The van der Waals surface area contributed by atoms with Crippen molar-refractivity contribution in [3.8, 4) is 11.5 Å². The zero-order chi connectivity index (χ0) is 16.4. The summed E-state index contributed by atoms with van der Waals surface area (Å²) in [5, 5.41) is 20.2. The molecule has 6 nitrogen and oxygen atoms in total. The van der Waals surface area contributed by atoms with Crippen LogP contribution in [-0.4, -0.2) is 26.0 Å². The highest BCUT2D eigenvalue weighted by Crippen LogP contribution is 2.24. The summed E-state index contributed by atoms with van der Waals surface area (Å²) >= 11 is 0. The normalized spacial score (nSPS) is 11.1. The second-order valence-corrected chi connectivity index (χ2v) is 4.83. The lowest BCUT2D eigenvalue weighted by Crippen LogP contribution is -2.10. The van der Waals surface area contributed by atoms with E-state index in [4.69, 9.17) is 0 Å². The number of H-pyrrole nitrogens is 1. The van der Waals surface area contributed by atoms with Gasteiger partial charge in [-0.1, -0.05) is 12.1 Å². The molecule has 2 heterocycles. The topological polar surface area (TPSA) is 103 Å². The second-order valence-electron chi connectivity index (χ2n) is 4.83. The number of aromatic amines is 1. The van der Waals surface area contributed by atoms with Crippen LogP contribution in [0, 0.1) is 0 Å². The number of hydrogen-bond donors (Lipinski definition) is 3. The number of phenolic OH excluding ortho intramolecular Hbond substituents is 1. The van der Waals surface area contributed by atoms with Crippen molar-refractivity contribution >= 4 is 22.9 Å². The minimum atomic E-state index is -0.560. The van der Waals surface area contributed by atoms with Gasteiger partial charge >= 0.3 is 0 Å². The number of allylic oxidation sites excluding steroid dienone is 1. The molecule has 2 aromatic heterocycles. The van der Waals surface area contributed by atoms with Gasteiger partial charge in [0.15, 0.2) is 5.78 Å². The van der Waals surface area contributed by atoms with E-state index in [-0.39, 0.29) is 28.3 Å². The Morgan fingerprint density at radius 2 is 1.91 bits per heavy atom. The van der Waals surface area contributed by atoms with Gasteiger partial charge in [0.05, 0.1) is 16.5 Å². The summed E-state index contributed by atoms with van der Waals surface area (Å²) in [5.41, 5.74) is -0.231. The number of carbonyl (C=O) groups is 1. The first-order valence-corrected chi connectivity index (χ1v) is 6.78. The fraction of sp³-hybridized carbons (Fsp3) is 0. The first kappa shape index (κ1) is 14.5. The minimum Gasteiger partial charge on any atom is -0.507 e. The molecule has 6 heteroatoms. The van der Waals surface area contributed by atoms with Gasteiger partial charge in [0.1, 0.15) is 17.1 Å². The summed E-state index contributed by atoms with van der Waals surface area (Å²) in [4.78, 5) is 30.6. The third-order valence-electron chi connectivity index (χ3n) is 3.37. The highest BCUT2D eigenvalue weighted by atomic mass is 16.3. The molecule has 0 unspecified atom stereocenters. The van der Waals surface area contributed by atoms with Gasteiger partial charge in [0, 0.05) is 6.20 Å². The van der Waals surface area contributed by atoms with Gasteiger partial charge in [0.25, 0.3) is 5.56 Å². The van der Waals surface area contributed by atoms with E-state index in [0.717, 1.165) is 6.08 Å². The summed E-state index contributed by atoms with van der Waals surface area (Å²) in [5.74, 6) is -0.880. The summed E-state index contributed by atoms with van der Waals surface area (Å²) in [6, 6.07) is 9.32. The Hall–Kier alpha value is -3.41. The van der Waals surface area contributed by atoms with Crippen LogP contribution in [0.1, 0.15) is 15.9 Å². The number of benzene rings is 1. The van der Waals surface area contributed by atoms with E-state index in [0.29, 0.717) is 5.39 Å². The number of rotatable bonds is 3. The van der Waals surface area contributed by atoms with Crippen LogP contribution in [0.3, 0.4) is 0 Å². The molecule has 0 atom stereocenters. The molecular weight excluding hydrogens is 296 g/mol. The predicted octanol–water partition coefficient (Wildman–Crippen LogP) is 2.23. The molecule has 1 aromatic carbocycles. The van der Waals surface area contributed by atoms with Crippen molar-refractivity contribution in [1.82, 2.24) is 9.97 Å². The monoisotopic (exact) mass is 308 g/mol. The van der Waals surface area contributed by atoms with E-state index in [2.05, 4.69) is 9.97 Å². The van der Waals surface area contributed by atoms with Crippen molar-refractivity contribution in [2.75, 3.05) is 0 Å². The van der Waals surface area contributed by atoms with Crippen molar-refractivity contribution in [2.45, 2.75) is 0 Å². The molecule has 0 aliphatic carbocycles. The fourth-order valence-electron chi connectivity index (χ4n) is 2.21. The first-order valence-electron chi connectivity index (χ1n) is 6.78. The standard InChI is InChI=1S/C17H12N2O4/c20-13-6-2-1-4-10(13)14(21)8-7-12-15(22)11-5-3-9-18-16(11)19-17(12)23/h1-9,20H,(H2,18,19,22,23)/b8-7+. The number of para-hydroxylation sites is 1. The van der Waals surface area contributed by atoms with Crippen molar-refractivity contribution in [2.24, 2.45) is 0 Å². The Morgan fingerprint density at radius 1 is 1.13 bits per heavy atom. The number of carbonyl (C=O) groups excluding carboxylic acids is 1. The van der Waals surface area contributed by atoms with Crippen LogP contribution < -0.4 is 5.56 Å². The molecule has 0 spiro atoms. The van der Waals surface area contributed by atoms with Crippen LogP contribution in [-0.2, 0) is 0 Å². The van der Waals surface area contributed by atoms with Gasteiger partial charge in [-0.3, -0.25) is 9.59 Å². The Bertz CT molecular complexity index is 989. The molecule has 114 valence electrons. The molecule has 0 amide bonds. The van der Waals surface area contributed by atoms with Crippen molar-refractivity contribution < 1.29 is 15.0 Å². The maximum Gasteiger partial charge on any atom is 0.260 e. The zero-order valence-electron chi connectivity index (χ0n) is 11.9. The lowest BCUT2D eigenvalue weighted by atomic mass is 10.1. The Morgan fingerprint density at radius 3 is 2.70 bits per heavy atom. The molecule has 0 bridgehead atoms. The molecule has 0 radical (unpaired) electrons. The molecule has 0 fully saturated rings. The predicted molar refractivity (Wildman–Crippen MR) is 85.5 cm³/mol. The first-order chi connectivity index (χ1) is 11.1. The Balaban J connectivity index is 2.03. The maximum atomic E-state index is 12.1. The number of hydrogen-bond acceptors (Lipinski definition) is 5. The molecule has 3 rings (SSSR count). The number of fused-ring (bicyclic) bond motifs is 1. The van der Waals surface area contributed by atoms with Gasteiger partial charge in [-0.2, -0.15) is 0 Å². The van der Waals surface area contributed by atoms with Crippen LogP contribution in [0.15, 0.2) is 53.5 Å². The average Bonchev–Trinajstić information content (AvgIpc) is 2.55. The molecule has 0 saturated carbocycles. The largest absolute Gasteiger partial charge is 0.507 e. The number of nitrogens with one attached hydrogen (secondary N) is 1. The molecule has 0 aliphatic heterocycles. The van der Waals surface area contributed by atoms with Gasteiger partial charge in [-0.15, -0.1) is 0 Å². The van der Waals surface area contributed by atoms with Gasteiger partial charge < -0.3 is 15.2 Å². The van der Waals surface area contributed by atoms with Crippen molar-refractivity contribution in [1.29, 1.82) is 0 Å². The quantitative estimate of drug-likeness (QED) is 0.508. The molecule has 3 N–H and O–H groups in total. The lowest BCUT2D eigenvalue weighted by Gasteiger charge is -2.03. The summed E-state index contributed by atoms with van der Waals surface area (Å²) in [6.07, 6.45) is 3.84. The van der Waals surface area contributed by atoms with E-state index < -0.39 is 11.3 Å². The number of aromatic hydroxyl groups is 2. The third-order valence-corrected chi connectivity index (χ3v) is 3.37. The smallest absolute Gasteiger partial charge is 0.260 e. The summed E-state index contributed by atoms with van der Waals surface area (Å²) in [6.45, 7) is 0. The molecule has 23 heavy (non-hydrogen) atoms. The average molecular weight is 308 g/mol. The van der Waals surface area contributed by atoms with Gasteiger partial charge in [0.2, 0.25) is 0 Å². The lowest BCUT2D eigenvalue weighted by molar-refractivity contribution is 0.104. The van der Waals surface area contributed by atoms with E-state index in [1.165, 1.54) is 24.4 Å². The van der Waals surface area contributed by atoms with Crippen molar-refractivity contribution in [3.05, 3.63) is 70.2 Å². The number of nitrogens with zero attached hydrogens (tertiary/aromatic N) is 1. The van der Waals surface area contributed by atoms with Crippen molar-refractivity contribution in [3.63, 3.8) is 0 Å². The zero-order valence-corrected chi connectivity index (χ0v) is 11.9. The fourth-order valence-corrected chi connectivity index (χ4v) is 2.21. The van der Waals surface area contributed by atoms with Crippen LogP contribution in [0.4, 0.5) is 0 Å². The summed E-state index contributed by atoms with van der Waals surface area (Å²) < 4.78 is 0. The van der Waals surface area contributed by atoms with E-state index >= 15 is 0 Å². The summed E-state index contributed by atoms with van der Waals surface area (Å²) in [7, 11) is 0. The molecule has 3 aromatic rings. The van der Waals surface area contributed by atoms with E-state index in [1.54, 1.807) is 24.3 Å². The highest BCUT2D eigenvalue weighted by Gasteiger charge is 2.11. The van der Waals surface area contributed by atoms with Gasteiger partial charge in [-0.05, 0) is 36.4 Å². The van der Waals surface area contributed by atoms with E-state index in [9.17, 15) is 19.8 Å². The second kappa shape index (κ2) is 5.76. The molecular formula is C17H12N2O4. The van der Waals surface area contributed by atoms with Gasteiger partial charge in [-0.25, -0.2) is 4.98 Å². The Labute approximate surface area is 130 Å². The van der Waals surface area contributed by atoms with E-state index in [1.807, 2.05) is 0 Å². The highest BCUT2D eigenvalue weighted by molar-refractivity contribution is 6.08.